The Hall–Kier alpha value is -0.670. The second-order valence-electron chi connectivity index (χ2n) is 3.68. The van der Waals surface area contributed by atoms with Crippen molar-refractivity contribution < 1.29 is 13.2 Å². The van der Waals surface area contributed by atoms with Crippen molar-refractivity contribution >= 4 is 47.3 Å². The molecule has 0 aromatic carbocycles. The minimum Gasteiger partial charge on any atom is -0.378 e. The predicted octanol–water partition coefficient (Wildman–Crippen LogP) is 2.76. The molecule has 0 fully saturated rings. The zero-order valence-electron chi connectivity index (χ0n) is 10.0. The Labute approximate surface area is 133 Å². The highest BCUT2D eigenvalue weighted by Crippen LogP contribution is 2.30. The van der Waals surface area contributed by atoms with Crippen LogP contribution in [0, 0.1) is 0 Å². The van der Waals surface area contributed by atoms with E-state index in [9.17, 15) is 8.42 Å². The molecule has 0 amide bonds. The number of hydrogen-bond acceptors (Lipinski definition) is 5. The summed E-state index contributed by atoms with van der Waals surface area (Å²) in [5.74, 6) is 0.363. The number of nitrogens with zero attached hydrogens (tertiary/aromatic N) is 3. The monoisotopic (exact) mass is 399 g/mol. The van der Waals surface area contributed by atoms with E-state index in [0.717, 1.165) is 4.47 Å². The van der Waals surface area contributed by atoms with Gasteiger partial charge >= 0.3 is 0 Å². The zero-order valence-corrected chi connectivity index (χ0v) is 14.0. The van der Waals surface area contributed by atoms with Crippen LogP contribution in [0.1, 0.15) is 5.69 Å². The van der Waals surface area contributed by atoms with Crippen LogP contribution in [-0.2, 0) is 20.4 Å². The summed E-state index contributed by atoms with van der Waals surface area (Å²) in [6.45, 7) is -0.0372. The average Bonchev–Trinajstić information content (AvgIpc) is 2.67. The van der Waals surface area contributed by atoms with E-state index in [1.165, 1.54) is 18.0 Å². The lowest BCUT2D eigenvalue weighted by Crippen LogP contribution is -2.00. The molecule has 2 heterocycles. The first-order chi connectivity index (χ1) is 9.34. The largest absolute Gasteiger partial charge is 0.378 e. The fourth-order valence-electron chi connectivity index (χ4n) is 1.54. The molecule has 0 saturated heterocycles. The van der Waals surface area contributed by atoms with Crippen LogP contribution in [0.25, 0.3) is 5.82 Å². The summed E-state index contributed by atoms with van der Waals surface area (Å²) in [7, 11) is 2.75. The van der Waals surface area contributed by atoms with E-state index in [4.69, 9.17) is 27.0 Å². The Morgan fingerprint density at radius 3 is 2.65 bits per heavy atom. The SMILES string of the molecule is COCc1nn(-c2ccc(Br)cn2)c(Cl)c1S(=O)(=O)Cl. The molecular formula is C10H8BrCl2N3O3S. The van der Waals surface area contributed by atoms with Crippen LogP contribution < -0.4 is 0 Å². The Kier molecular flexibility index (Phi) is 4.70. The highest BCUT2D eigenvalue weighted by Gasteiger charge is 2.27. The lowest BCUT2D eigenvalue weighted by Gasteiger charge is -2.01. The summed E-state index contributed by atoms with van der Waals surface area (Å²) >= 11 is 9.30. The van der Waals surface area contributed by atoms with Gasteiger partial charge in [0.2, 0.25) is 0 Å². The highest BCUT2D eigenvalue weighted by atomic mass is 79.9. The van der Waals surface area contributed by atoms with E-state index in [0.29, 0.717) is 5.82 Å². The standard InChI is InChI=1S/C10H8BrCl2N3O3S/c1-19-5-7-9(20(13,17)18)10(12)16(15-7)8-3-2-6(11)4-14-8/h2-4H,5H2,1H3. The molecule has 6 nitrogen and oxygen atoms in total. The smallest absolute Gasteiger partial charge is 0.266 e. The van der Waals surface area contributed by atoms with Crippen molar-refractivity contribution in [1.29, 1.82) is 0 Å². The van der Waals surface area contributed by atoms with Crippen LogP contribution in [0.4, 0.5) is 0 Å². The quantitative estimate of drug-likeness (QED) is 0.737. The number of hydrogen-bond donors (Lipinski definition) is 0. The summed E-state index contributed by atoms with van der Waals surface area (Å²) in [6, 6.07) is 3.36. The van der Waals surface area contributed by atoms with Crippen molar-refractivity contribution in [2.45, 2.75) is 11.5 Å². The van der Waals surface area contributed by atoms with Crippen LogP contribution >= 0.6 is 38.2 Å². The average molecular weight is 401 g/mol. The van der Waals surface area contributed by atoms with Gasteiger partial charge in [0.15, 0.2) is 11.0 Å². The molecule has 0 radical (unpaired) electrons. The van der Waals surface area contributed by atoms with Crippen molar-refractivity contribution in [1.82, 2.24) is 14.8 Å². The van der Waals surface area contributed by atoms with Gasteiger partial charge < -0.3 is 4.74 Å². The van der Waals surface area contributed by atoms with Gasteiger partial charge in [-0.15, -0.1) is 0 Å². The lowest BCUT2D eigenvalue weighted by molar-refractivity contribution is 0.179. The molecule has 0 saturated carbocycles. The Morgan fingerprint density at radius 1 is 1.45 bits per heavy atom. The zero-order chi connectivity index (χ0) is 14.9. The summed E-state index contributed by atoms with van der Waals surface area (Å²) in [4.78, 5) is 3.83. The molecule has 0 unspecified atom stereocenters. The number of ether oxygens (including phenoxy) is 1. The molecule has 2 rings (SSSR count). The van der Waals surface area contributed by atoms with Crippen LogP contribution in [-0.4, -0.2) is 30.3 Å². The second-order valence-corrected chi connectivity index (χ2v) is 7.46. The second kappa shape index (κ2) is 5.98. The number of rotatable bonds is 4. The van der Waals surface area contributed by atoms with Crippen molar-refractivity contribution in [3.05, 3.63) is 33.6 Å². The highest BCUT2D eigenvalue weighted by molar-refractivity contribution is 9.10. The topological polar surface area (TPSA) is 74.1 Å². The lowest BCUT2D eigenvalue weighted by atomic mass is 10.4. The molecule has 0 N–H and O–H groups in total. The summed E-state index contributed by atoms with van der Waals surface area (Å²) in [6.07, 6.45) is 1.54. The molecule has 0 aliphatic rings. The first-order valence-corrected chi connectivity index (χ1v) is 8.65. The van der Waals surface area contributed by atoms with E-state index in [1.807, 2.05) is 0 Å². The fourth-order valence-corrected chi connectivity index (χ4v) is 3.59. The molecule has 10 heteroatoms. The molecular weight excluding hydrogens is 393 g/mol. The summed E-state index contributed by atoms with van der Waals surface area (Å²) in [5, 5.41) is 3.95. The van der Waals surface area contributed by atoms with Crippen molar-refractivity contribution in [3.8, 4) is 5.82 Å². The van der Waals surface area contributed by atoms with Gasteiger partial charge in [-0.2, -0.15) is 5.10 Å². The van der Waals surface area contributed by atoms with Crippen LogP contribution in [0.3, 0.4) is 0 Å². The van der Waals surface area contributed by atoms with Gasteiger partial charge in [0.25, 0.3) is 9.05 Å². The van der Waals surface area contributed by atoms with E-state index < -0.39 is 9.05 Å². The van der Waals surface area contributed by atoms with Crippen LogP contribution in [0.15, 0.2) is 27.7 Å². The first kappa shape index (κ1) is 15.7. The fraction of sp³-hybridized carbons (Fsp3) is 0.200. The Balaban J connectivity index is 2.64. The third kappa shape index (κ3) is 3.15. The van der Waals surface area contributed by atoms with Gasteiger partial charge in [0, 0.05) is 28.5 Å². The molecule has 0 atom stereocenters. The number of halogens is 3. The van der Waals surface area contributed by atoms with Gasteiger partial charge in [-0.1, -0.05) is 11.6 Å². The maximum Gasteiger partial charge on any atom is 0.266 e. The van der Waals surface area contributed by atoms with Gasteiger partial charge in [0.1, 0.15) is 10.6 Å². The van der Waals surface area contributed by atoms with E-state index >= 15 is 0 Å². The molecule has 20 heavy (non-hydrogen) atoms. The van der Waals surface area contributed by atoms with Gasteiger partial charge in [-0.05, 0) is 28.1 Å². The van der Waals surface area contributed by atoms with Crippen molar-refractivity contribution in [2.24, 2.45) is 0 Å². The molecule has 2 aromatic rings. The first-order valence-electron chi connectivity index (χ1n) is 5.17. The molecule has 0 aliphatic carbocycles. The van der Waals surface area contributed by atoms with Gasteiger partial charge in [-0.3, -0.25) is 0 Å². The van der Waals surface area contributed by atoms with Crippen LogP contribution in [0.5, 0.6) is 0 Å². The van der Waals surface area contributed by atoms with E-state index in [-0.39, 0.29) is 22.3 Å². The van der Waals surface area contributed by atoms with Gasteiger partial charge in [0.05, 0.1) is 6.61 Å². The number of pyridine rings is 1. The minimum absolute atomic E-state index is 0.0372. The van der Waals surface area contributed by atoms with Gasteiger partial charge in [-0.25, -0.2) is 18.1 Å². The third-order valence-electron chi connectivity index (χ3n) is 2.31. The minimum atomic E-state index is -4.04. The number of aromatic nitrogens is 3. The summed E-state index contributed by atoms with van der Waals surface area (Å²) < 4.78 is 30.0. The van der Waals surface area contributed by atoms with Crippen LogP contribution in [0.2, 0.25) is 5.15 Å². The van der Waals surface area contributed by atoms with Crippen molar-refractivity contribution in [3.63, 3.8) is 0 Å². The van der Waals surface area contributed by atoms with Crippen molar-refractivity contribution in [2.75, 3.05) is 7.11 Å². The van der Waals surface area contributed by atoms with E-state index in [2.05, 4.69) is 26.0 Å². The third-order valence-corrected chi connectivity index (χ3v) is 4.62. The Morgan fingerprint density at radius 2 is 2.15 bits per heavy atom. The predicted molar refractivity (Wildman–Crippen MR) is 77.8 cm³/mol. The molecule has 2 aromatic heterocycles. The molecule has 0 bridgehead atoms. The summed E-state index contributed by atoms with van der Waals surface area (Å²) in [5.41, 5.74) is 0.122. The van der Waals surface area contributed by atoms with E-state index in [1.54, 1.807) is 12.1 Å². The normalized spacial score (nSPS) is 11.8. The Bertz CT molecular complexity index is 731. The molecule has 0 spiro atoms. The molecule has 0 aliphatic heterocycles. The maximum atomic E-state index is 11.6. The molecule has 108 valence electrons. The number of methoxy groups -OCH3 is 1. The maximum absolute atomic E-state index is 11.6.